The Balaban J connectivity index is 2.37. The topological polar surface area (TPSA) is 29.5 Å². The lowest BCUT2D eigenvalue weighted by atomic mass is 10.0. The molecule has 0 aliphatic carbocycles. The Kier molecular flexibility index (Phi) is 3.80. The van der Waals surface area contributed by atoms with Crippen molar-refractivity contribution >= 4 is 0 Å². The maximum atomic E-state index is 13.8. The van der Waals surface area contributed by atoms with Gasteiger partial charge in [0.05, 0.1) is 12.2 Å². The molecule has 0 radical (unpaired) electrons. The van der Waals surface area contributed by atoms with Gasteiger partial charge in [-0.3, -0.25) is 0 Å². The van der Waals surface area contributed by atoms with Crippen LogP contribution in [0.15, 0.2) is 30.0 Å². The van der Waals surface area contributed by atoms with Crippen LogP contribution in [0.2, 0.25) is 0 Å². The molecule has 0 fully saturated rings. The van der Waals surface area contributed by atoms with E-state index in [9.17, 15) is 22.7 Å². The van der Waals surface area contributed by atoms with E-state index in [1.54, 1.807) is 6.08 Å². The van der Waals surface area contributed by atoms with E-state index >= 15 is 0 Å². The van der Waals surface area contributed by atoms with Crippen LogP contribution in [-0.4, -0.2) is 11.7 Å². The minimum absolute atomic E-state index is 0.101. The summed E-state index contributed by atoms with van der Waals surface area (Å²) in [4.78, 5) is 0. The second kappa shape index (κ2) is 5.21. The maximum absolute atomic E-state index is 13.8. The van der Waals surface area contributed by atoms with Crippen LogP contribution < -0.4 is 0 Å². The molecular weight excluding hydrogens is 264 g/mol. The molecule has 1 aromatic rings. The van der Waals surface area contributed by atoms with Crippen LogP contribution in [0, 0.1) is 5.82 Å². The van der Waals surface area contributed by atoms with Gasteiger partial charge in [-0.05, 0) is 25.0 Å². The molecule has 104 valence electrons. The molecule has 1 heterocycles. The Morgan fingerprint density at radius 2 is 2.00 bits per heavy atom. The van der Waals surface area contributed by atoms with Crippen molar-refractivity contribution in [3.05, 3.63) is 47.0 Å². The largest absolute Gasteiger partial charge is 0.495 e. The molecule has 1 unspecified atom stereocenters. The molecule has 2 nitrogen and oxygen atoms in total. The Morgan fingerprint density at radius 1 is 1.26 bits per heavy atom. The minimum Gasteiger partial charge on any atom is -0.495 e. The number of alkyl halides is 3. The van der Waals surface area contributed by atoms with E-state index in [2.05, 4.69) is 0 Å². The molecule has 0 spiro atoms. The third-order valence-electron chi connectivity index (χ3n) is 2.86. The van der Waals surface area contributed by atoms with Crippen molar-refractivity contribution in [1.29, 1.82) is 0 Å². The van der Waals surface area contributed by atoms with Gasteiger partial charge in [-0.1, -0.05) is 12.1 Å². The summed E-state index contributed by atoms with van der Waals surface area (Å²) in [7, 11) is 0. The SMILES string of the molecule is OC(C1=CCCCO1)c1cccc(C(F)(F)F)c1F. The van der Waals surface area contributed by atoms with Gasteiger partial charge in [0.2, 0.25) is 0 Å². The van der Waals surface area contributed by atoms with E-state index in [0.29, 0.717) is 19.1 Å². The zero-order valence-electron chi connectivity index (χ0n) is 9.88. The normalized spacial score (nSPS) is 17.6. The number of hydrogen-bond acceptors (Lipinski definition) is 2. The van der Waals surface area contributed by atoms with E-state index in [0.717, 1.165) is 18.6 Å². The summed E-state index contributed by atoms with van der Waals surface area (Å²) in [6.07, 6.45) is -3.33. The molecule has 0 bridgehead atoms. The maximum Gasteiger partial charge on any atom is 0.419 e. The van der Waals surface area contributed by atoms with Gasteiger partial charge < -0.3 is 9.84 Å². The average molecular weight is 276 g/mol. The molecule has 2 rings (SSSR count). The summed E-state index contributed by atoms with van der Waals surface area (Å²) in [5.41, 5.74) is -1.82. The Morgan fingerprint density at radius 3 is 2.58 bits per heavy atom. The summed E-state index contributed by atoms with van der Waals surface area (Å²) >= 11 is 0. The number of halogens is 4. The van der Waals surface area contributed by atoms with Crippen molar-refractivity contribution in [1.82, 2.24) is 0 Å². The Bertz CT molecular complexity index is 494. The quantitative estimate of drug-likeness (QED) is 0.837. The highest BCUT2D eigenvalue weighted by atomic mass is 19.4. The number of aliphatic hydroxyl groups excluding tert-OH is 1. The van der Waals surface area contributed by atoms with E-state index < -0.39 is 29.2 Å². The van der Waals surface area contributed by atoms with Crippen LogP contribution in [-0.2, 0) is 10.9 Å². The first-order valence-electron chi connectivity index (χ1n) is 5.78. The highest BCUT2D eigenvalue weighted by Gasteiger charge is 2.36. The van der Waals surface area contributed by atoms with Crippen molar-refractivity contribution < 1.29 is 27.4 Å². The van der Waals surface area contributed by atoms with Gasteiger partial charge in [-0.15, -0.1) is 0 Å². The highest BCUT2D eigenvalue weighted by Crippen LogP contribution is 2.35. The van der Waals surface area contributed by atoms with Crippen molar-refractivity contribution in [3.63, 3.8) is 0 Å². The minimum atomic E-state index is -4.79. The van der Waals surface area contributed by atoms with Gasteiger partial charge in [-0.25, -0.2) is 4.39 Å². The first-order valence-corrected chi connectivity index (χ1v) is 5.78. The van der Waals surface area contributed by atoms with Gasteiger partial charge in [-0.2, -0.15) is 13.2 Å². The summed E-state index contributed by atoms with van der Waals surface area (Å²) < 4.78 is 56.6. The fourth-order valence-electron chi connectivity index (χ4n) is 1.90. The summed E-state index contributed by atoms with van der Waals surface area (Å²) in [6.45, 7) is 0.365. The molecule has 1 atom stereocenters. The van der Waals surface area contributed by atoms with Gasteiger partial charge >= 0.3 is 6.18 Å². The Labute approximate surface area is 107 Å². The van der Waals surface area contributed by atoms with Crippen LogP contribution in [0.1, 0.15) is 30.1 Å². The first-order chi connectivity index (χ1) is 8.91. The lowest BCUT2D eigenvalue weighted by Crippen LogP contribution is -2.15. The van der Waals surface area contributed by atoms with Crippen LogP contribution in [0.3, 0.4) is 0 Å². The zero-order chi connectivity index (χ0) is 14.0. The zero-order valence-corrected chi connectivity index (χ0v) is 9.88. The molecule has 19 heavy (non-hydrogen) atoms. The number of benzene rings is 1. The van der Waals surface area contributed by atoms with E-state index in [1.807, 2.05) is 0 Å². The number of ether oxygens (including phenoxy) is 1. The summed E-state index contributed by atoms with van der Waals surface area (Å²) in [5, 5.41) is 9.92. The molecule has 1 N–H and O–H groups in total. The predicted octanol–water partition coefficient (Wildman–Crippen LogP) is 3.57. The third-order valence-corrected chi connectivity index (χ3v) is 2.86. The van der Waals surface area contributed by atoms with Crippen molar-refractivity contribution in [2.75, 3.05) is 6.61 Å². The van der Waals surface area contributed by atoms with Gasteiger partial charge in [0.1, 0.15) is 17.7 Å². The molecule has 1 aromatic carbocycles. The fraction of sp³-hybridized carbons (Fsp3) is 0.385. The van der Waals surface area contributed by atoms with Crippen LogP contribution in [0.5, 0.6) is 0 Å². The van der Waals surface area contributed by atoms with Gasteiger partial charge in [0.25, 0.3) is 0 Å². The average Bonchev–Trinajstić information content (AvgIpc) is 2.38. The van der Waals surface area contributed by atoms with Crippen LogP contribution >= 0.6 is 0 Å². The first kappa shape index (κ1) is 13.9. The Hall–Kier alpha value is -1.56. The number of aliphatic hydroxyl groups is 1. The summed E-state index contributed by atoms with van der Waals surface area (Å²) in [5.74, 6) is -1.36. The fourth-order valence-corrected chi connectivity index (χ4v) is 1.90. The number of allylic oxidation sites excluding steroid dienone is 1. The lowest BCUT2D eigenvalue weighted by molar-refractivity contribution is -0.140. The molecule has 1 aliphatic heterocycles. The standard InChI is InChI=1S/C13H12F4O2/c14-11-8(4-3-5-9(11)13(15,16)17)12(18)10-6-1-2-7-19-10/h3-6,12,18H,1-2,7H2. The molecule has 0 saturated heterocycles. The predicted molar refractivity (Wildman–Crippen MR) is 59.6 cm³/mol. The highest BCUT2D eigenvalue weighted by molar-refractivity contribution is 5.32. The number of rotatable bonds is 2. The van der Waals surface area contributed by atoms with Crippen LogP contribution in [0.4, 0.5) is 17.6 Å². The molecule has 0 aromatic heterocycles. The van der Waals surface area contributed by atoms with E-state index in [4.69, 9.17) is 4.74 Å². The lowest BCUT2D eigenvalue weighted by Gasteiger charge is -2.21. The second-order valence-corrected chi connectivity index (χ2v) is 4.21. The van der Waals surface area contributed by atoms with Gasteiger partial charge in [0, 0.05) is 5.56 Å². The molecule has 1 aliphatic rings. The van der Waals surface area contributed by atoms with Crippen LogP contribution in [0.25, 0.3) is 0 Å². The molecule has 0 amide bonds. The number of hydrogen-bond donors (Lipinski definition) is 1. The van der Waals surface area contributed by atoms with E-state index in [1.165, 1.54) is 0 Å². The molecule has 0 saturated carbocycles. The molecular formula is C13H12F4O2. The molecule has 6 heteroatoms. The monoisotopic (exact) mass is 276 g/mol. The third kappa shape index (κ3) is 2.89. The van der Waals surface area contributed by atoms with Crippen molar-refractivity contribution in [2.45, 2.75) is 25.1 Å². The summed E-state index contributed by atoms with van der Waals surface area (Å²) in [6, 6.07) is 2.82. The second-order valence-electron chi connectivity index (χ2n) is 4.21. The van der Waals surface area contributed by atoms with Crippen molar-refractivity contribution in [2.24, 2.45) is 0 Å². The van der Waals surface area contributed by atoms with Crippen molar-refractivity contribution in [3.8, 4) is 0 Å². The van der Waals surface area contributed by atoms with Gasteiger partial charge in [0.15, 0.2) is 0 Å². The van der Waals surface area contributed by atoms with E-state index in [-0.39, 0.29) is 5.76 Å². The smallest absolute Gasteiger partial charge is 0.419 e.